The lowest BCUT2D eigenvalue weighted by Gasteiger charge is -2.28. The molecule has 0 spiro atoms. The van der Waals surface area contributed by atoms with E-state index < -0.39 is 0 Å². The summed E-state index contributed by atoms with van der Waals surface area (Å²) in [5.41, 5.74) is 0.541. The summed E-state index contributed by atoms with van der Waals surface area (Å²) in [7, 11) is 1.92. The fraction of sp³-hybridized carbons (Fsp3) is 0.571. The molecule has 1 fully saturated rings. The van der Waals surface area contributed by atoms with Gasteiger partial charge in [0.25, 0.3) is 0 Å². The van der Waals surface area contributed by atoms with Gasteiger partial charge in [0.15, 0.2) is 11.8 Å². The smallest absolute Gasteiger partial charge is 0.191 e. The van der Waals surface area contributed by atoms with Crippen LogP contribution in [-0.2, 0) is 23.7 Å². The summed E-state index contributed by atoms with van der Waals surface area (Å²) in [6, 6.07) is 4.52. The average molecular weight is 565 g/mol. The van der Waals surface area contributed by atoms with Crippen molar-refractivity contribution in [1.82, 2.24) is 25.4 Å². The number of rotatable bonds is 7. The minimum atomic E-state index is -0.341. The van der Waals surface area contributed by atoms with Crippen molar-refractivity contribution >= 4 is 41.5 Å². The van der Waals surface area contributed by atoms with Crippen LogP contribution in [0.4, 0.5) is 4.39 Å². The first-order valence-electron chi connectivity index (χ1n) is 10.2. The first-order chi connectivity index (χ1) is 14.3. The zero-order valence-electron chi connectivity index (χ0n) is 18.4. The molecule has 0 amide bonds. The summed E-state index contributed by atoms with van der Waals surface area (Å²) in [5.74, 6) is 1.95. The van der Waals surface area contributed by atoms with Crippen LogP contribution in [0.3, 0.4) is 0 Å². The highest BCUT2D eigenvalue weighted by molar-refractivity contribution is 14.0. The minimum Gasteiger partial charge on any atom is -0.376 e. The standard InChI is InChI=1S/C21H30ClFN6O.HI/c1-14-27-28-19(29(14)4)12-25-20(24-11-16-6-5-9-30-16)26-13-21(2,3)17-8-7-15(23)10-18(17)22;/h7-8,10,16H,5-6,9,11-13H2,1-4H3,(H2,24,25,26);1H. The van der Waals surface area contributed by atoms with Crippen molar-refractivity contribution in [3.8, 4) is 0 Å². The van der Waals surface area contributed by atoms with Gasteiger partial charge in [-0.25, -0.2) is 9.38 Å². The fourth-order valence-electron chi connectivity index (χ4n) is 3.37. The summed E-state index contributed by atoms with van der Waals surface area (Å²) in [6.07, 6.45) is 2.31. The van der Waals surface area contributed by atoms with Gasteiger partial charge >= 0.3 is 0 Å². The van der Waals surface area contributed by atoms with Gasteiger partial charge in [-0.1, -0.05) is 31.5 Å². The Labute approximate surface area is 205 Å². The van der Waals surface area contributed by atoms with Crippen LogP contribution in [0.25, 0.3) is 0 Å². The lowest BCUT2D eigenvalue weighted by molar-refractivity contribution is 0.113. The number of guanidine groups is 1. The van der Waals surface area contributed by atoms with Gasteiger partial charge < -0.3 is 19.9 Å². The predicted molar refractivity (Wildman–Crippen MR) is 132 cm³/mol. The van der Waals surface area contributed by atoms with Crippen LogP contribution < -0.4 is 10.6 Å². The first-order valence-corrected chi connectivity index (χ1v) is 10.6. The molecule has 1 atom stereocenters. The molecular formula is C21H31ClFIN6O. The van der Waals surface area contributed by atoms with E-state index in [0.717, 1.165) is 36.7 Å². The zero-order chi connectivity index (χ0) is 21.7. The highest BCUT2D eigenvalue weighted by Crippen LogP contribution is 2.29. The van der Waals surface area contributed by atoms with Crippen LogP contribution in [-0.4, -0.2) is 46.5 Å². The number of hydrogen-bond donors (Lipinski definition) is 2. The van der Waals surface area contributed by atoms with Crippen molar-refractivity contribution in [2.75, 3.05) is 19.7 Å². The summed E-state index contributed by atoms with van der Waals surface area (Å²) in [5, 5.41) is 15.4. The Hall–Kier alpha value is -1.46. The largest absolute Gasteiger partial charge is 0.376 e. The third kappa shape index (κ3) is 7.01. The number of halogens is 3. The number of benzene rings is 1. The minimum absolute atomic E-state index is 0. The molecule has 31 heavy (non-hydrogen) atoms. The molecule has 2 N–H and O–H groups in total. The van der Waals surface area contributed by atoms with E-state index in [4.69, 9.17) is 16.3 Å². The maximum Gasteiger partial charge on any atom is 0.191 e. The maximum absolute atomic E-state index is 13.4. The number of hydrogen-bond acceptors (Lipinski definition) is 4. The van der Waals surface area contributed by atoms with E-state index in [2.05, 4.69) is 39.7 Å². The van der Waals surface area contributed by atoms with Gasteiger partial charge in [0.1, 0.15) is 18.2 Å². The number of aromatic nitrogens is 3. The maximum atomic E-state index is 13.4. The zero-order valence-corrected chi connectivity index (χ0v) is 21.5. The average Bonchev–Trinajstić information content (AvgIpc) is 3.32. The molecule has 1 aliphatic heterocycles. The van der Waals surface area contributed by atoms with E-state index in [-0.39, 0.29) is 41.3 Å². The molecule has 1 aromatic heterocycles. The van der Waals surface area contributed by atoms with E-state index in [1.165, 1.54) is 12.1 Å². The Kier molecular flexibility index (Phi) is 9.50. The lowest BCUT2D eigenvalue weighted by Crippen LogP contribution is -2.45. The van der Waals surface area contributed by atoms with Gasteiger partial charge in [-0.15, -0.1) is 34.2 Å². The summed E-state index contributed by atoms with van der Waals surface area (Å²) in [4.78, 5) is 4.68. The molecule has 1 saturated heterocycles. The Morgan fingerprint density at radius 3 is 2.74 bits per heavy atom. The molecule has 2 aromatic rings. The van der Waals surface area contributed by atoms with Gasteiger partial charge in [-0.3, -0.25) is 0 Å². The lowest BCUT2D eigenvalue weighted by atomic mass is 9.84. The van der Waals surface area contributed by atoms with Crippen LogP contribution in [0.5, 0.6) is 0 Å². The molecule has 1 aliphatic rings. The van der Waals surface area contributed by atoms with Gasteiger partial charge in [-0.2, -0.15) is 0 Å². The molecule has 0 aliphatic carbocycles. The van der Waals surface area contributed by atoms with Gasteiger partial charge in [0.05, 0.1) is 6.10 Å². The van der Waals surface area contributed by atoms with E-state index in [1.807, 2.05) is 18.5 Å². The summed E-state index contributed by atoms with van der Waals surface area (Å²) >= 11 is 6.29. The second-order valence-corrected chi connectivity index (χ2v) is 8.67. The molecule has 172 valence electrons. The van der Waals surface area contributed by atoms with Crippen LogP contribution in [0.2, 0.25) is 5.02 Å². The first kappa shape index (κ1) is 25.8. The van der Waals surface area contributed by atoms with Crippen molar-refractivity contribution in [1.29, 1.82) is 0 Å². The molecule has 1 unspecified atom stereocenters. The van der Waals surface area contributed by atoms with Crippen molar-refractivity contribution < 1.29 is 9.13 Å². The van der Waals surface area contributed by atoms with Gasteiger partial charge in [-0.05, 0) is 37.5 Å². The van der Waals surface area contributed by atoms with Crippen LogP contribution in [0, 0.1) is 12.7 Å². The van der Waals surface area contributed by atoms with Gasteiger partial charge in [0.2, 0.25) is 0 Å². The second-order valence-electron chi connectivity index (χ2n) is 8.26. The van der Waals surface area contributed by atoms with Crippen molar-refractivity contribution in [2.24, 2.45) is 12.0 Å². The van der Waals surface area contributed by atoms with Crippen molar-refractivity contribution in [3.63, 3.8) is 0 Å². The normalized spacial score (nSPS) is 16.8. The SMILES string of the molecule is Cc1nnc(CN=C(NCC2CCCO2)NCC(C)(C)c2ccc(F)cc2Cl)n1C.I. The summed E-state index contributed by atoms with van der Waals surface area (Å²) < 4.78 is 21.1. The molecular weight excluding hydrogens is 534 g/mol. The molecule has 10 heteroatoms. The van der Waals surface area contributed by atoms with E-state index in [9.17, 15) is 4.39 Å². The Morgan fingerprint density at radius 1 is 1.35 bits per heavy atom. The van der Waals surface area contributed by atoms with E-state index >= 15 is 0 Å². The van der Waals surface area contributed by atoms with Crippen molar-refractivity contribution in [3.05, 3.63) is 46.3 Å². The molecule has 7 nitrogen and oxygen atoms in total. The Morgan fingerprint density at radius 2 is 2.13 bits per heavy atom. The van der Waals surface area contributed by atoms with Crippen LogP contribution in [0.15, 0.2) is 23.2 Å². The third-order valence-electron chi connectivity index (χ3n) is 5.44. The number of nitrogens with zero attached hydrogens (tertiary/aromatic N) is 4. The van der Waals surface area contributed by atoms with Gasteiger partial charge in [0, 0.05) is 37.2 Å². The second kappa shape index (κ2) is 11.4. The fourth-order valence-corrected chi connectivity index (χ4v) is 3.79. The predicted octanol–water partition coefficient (Wildman–Crippen LogP) is 3.73. The number of aryl methyl sites for hydroxylation is 1. The Bertz CT molecular complexity index is 898. The van der Waals surface area contributed by atoms with Crippen molar-refractivity contribution in [2.45, 2.75) is 51.7 Å². The molecule has 0 bridgehead atoms. The Balaban J connectivity index is 0.00000341. The molecule has 3 rings (SSSR count). The molecule has 2 heterocycles. The van der Waals surface area contributed by atoms with E-state index in [1.54, 1.807) is 6.07 Å². The topological polar surface area (TPSA) is 76.4 Å². The number of nitrogens with one attached hydrogen (secondary N) is 2. The monoisotopic (exact) mass is 564 g/mol. The number of aliphatic imine (C=N–C) groups is 1. The van der Waals surface area contributed by atoms with E-state index in [0.29, 0.717) is 30.6 Å². The highest BCUT2D eigenvalue weighted by atomic mass is 127. The highest BCUT2D eigenvalue weighted by Gasteiger charge is 2.24. The van der Waals surface area contributed by atoms with Crippen LogP contribution >= 0.6 is 35.6 Å². The quantitative estimate of drug-likeness (QED) is 0.305. The molecule has 0 radical (unpaired) electrons. The third-order valence-corrected chi connectivity index (χ3v) is 5.75. The molecule has 0 saturated carbocycles. The molecule has 1 aromatic carbocycles. The van der Waals surface area contributed by atoms with Crippen LogP contribution in [0.1, 0.15) is 43.9 Å². The summed E-state index contributed by atoms with van der Waals surface area (Å²) in [6.45, 7) is 8.47. The number of ether oxygens (including phenoxy) is 1.